The van der Waals surface area contributed by atoms with Gasteiger partial charge in [0.1, 0.15) is 23.6 Å². The molecule has 34 heavy (non-hydrogen) atoms. The van der Waals surface area contributed by atoms with Crippen LogP contribution in [0.1, 0.15) is 23.9 Å². The second-order valence-corrected chi connectivity index (χ2v) is 10.4. The molecule has 1 spiro atoms. The molecule has 2 fully saturated rings. The molecule has 0 unspecified atom stereocenters. The average Bonchev–Trinajstić information content (AvgIpc) is 3.44. The molecule has 5 heterocycles. The number of carbonyl (C=O) groups excluding carboxylic acids is 1. The van der Waals surface area contributed by atoms with E-state index in [9.17, 15) is 18.0 Å². The third kappa shape index (κ3) is 4.90. The fraction of sp³-hybridized carbons (Fsp3) is 0.522. The van der Waals surface area contributed by atoms with Crippen molar-refractivity contribution in [2.45, 2.75) is 39.0 Å². The lowest BCUT2D eigenvalue weighted by atomic mass is 9.79. The first-order chi connectivity index (χ1) is 16.2. The molecule has 2 aliphatic heterocycles. The monoisotopic (exact) mass is 493 g/mol. The second kappa shape index (κ2) is 8.84. The van der Waals surface area contributed by atoms with Crippen molar-refractivity contribution in [3.05, 3.63) is 41.3 Å². The van der Waals surface area contributed by atoms with Gasteiger partial charge < -0.3 is 14.2 Å². The van der Waals surface area contributed by atoms with E-state index >= 15 is 0 Å². The highest BCUT2D eigenvalue weighted by atomic mass is 32.1. The lowest BCUT2D eigenvalue weighted by molar-refractivity contribution is -0.141. The molecule has 3 aromatic heterocycles. The Morgan fingerprint density at radius 3 is 2.85 bits per heavy atom. The number of hydrogen-bond donors (Lipinski definition) is 0. The summed E-state index contributed by atoms with van der Waals surface area (Å²) in [5, 5.41) is 0.714. The van der Waals surface area contributed by atoms with Crippen LogP contribution in [0.25, 0.3) is 10.2 Å². The summed E-state index contributed by atoms with van der Waals surface area (Å²) in [5.74, 6) is 0.466. The minimum absolute atomic E-state index is 0.178. The van der Waals surface area contributed by atoms with E-state index in [1.165, 1.54) is 18.9 Å². The van der Waals surface area contributed by atoms with Gasteiger partial charge in [-0.1, -0.05) is 0 Å². The van der Waals surface area contributed by atoms with Crippen molar-refractivity contribution in [3.63, 3.8) is 0 Å². The van der Waals surface area contributed by atoms with Crippen molar-refractivity contribution in [3.8, 4) is 0 Å². The van der Waals surface area contributed by atoms with Crippen LogP contribution in [0.5, 0.6) is 0 Å². The highest BCUT2D eigenvalue weighted by Gasteiger charge is 2.48. The van der Waals surface area contributed by atoms with Crippen LogP contribution in [-0.4, -0.2) is 64.4 Å². The Kier molecular flexibility index (Phi) is 6.01. The van der Waals surface area contributed by atoms with Gasteiger partial charge in [-0.2, -0.15) is 13.2 Å². The van der Waals surface area contributed by atoms with E-state index in [0.717, 1.165) is 56.3 Å². The van der Waals surface area contributed by atoms with Gasteiger partial charge in [0.15, 0.2) is 0 Å². The number of hydrogen-bond acceptors (Lipinski definition) is 7. The molecule has 2 aliphatic rings. The number of aromatic nitrogens is 3. The van der Waals surface area contributed by atoms with Crippen molar-refractivity contribution in [1.29, 1.82) is 0 Å². The molecule has 182 valence electrons. The number of fused-ring (bicyclic) bond motifs is 1. The van der Waals surface area contributed by atoms with Crippen LogP contribution in [0, 0.1) is 5.41 Å². The molecule has 0 atom stereocenters. The number of halogens is 3. The Labute approximate surface area is 199 Å². The highest BCUT2D eigenvalue weighted by molar-refractivity contribution is 7.18. The molecular formula is C23H26F3N5O2S. The Bertz CT molecular complexity index is 1180. The first-order valence-electron chi connectivity index (χ1n) is 11.2. The molecule has 0 N–H and O–H groups in total. The summed E-state index contributed by atoms with van der Waals surface area (Å²) < 4.78 is 45.7. The maximum absolute atomic E-state index is 12.9. The van der Waals surface area contributed by atoms with Crippen LogP contribution in [0.3, 0.4) is 0 Å². The number of esters is 1. The van der Waals surface area contributed by atoms with Gasteiger partial charge >= 0.3 is 12.1 Å². The van der Waals surface area contributed by atoms with Crippen molar-refractivity contribution in [1.82, 2.24) is 19.4 Å². The number of rotatable bonds is 7. The zero-order chi connectivity index (χ0) is 23.9. The van der Waals surface area contributed by atoms with Gasteiger partial charge in [-0.25, -0.2) is 9.97 Å². The number of likely N-dealkylation sites (tertiary alicyclic amines) is 1. The van der Waals surface area contributed by atoms with Crippen molar-refractivity contribution >= 4 is 33.3 Å². The van der Waals surface area contributed by atoms with Crippen LogP contribution >= 0.6 is 11.3 Å². The van der Waals surface area contributed by atoms with E-state index < -0.39 is 12.6 Å². The van der Waals surface area contributed by atoms with Gasteiger partial charge in [0.2, 0.25) is 0 Å². The summed E-state index contributed by atoms with van der Waals surface area (Å²) >= 11 is 1.09. The smallest absolute Gasteiger partial charge is 0.393 e. The normalized spacial score (nSPS) is 18.1. The van der Waals surface area contributed by atoms with Crippen molar-refractivity contribution < 1.29 is 22.7 Å². The lowest BCUT2D eigenvalue weighted by Gasteiger charge is -2.48. The number of nitrogens with zero attached hydrogens (tertiary/aromatic N) is 5. The fourth-order valence-electron chi connectivity index (χ4n) is 5.15. The minimum atomic E-state index is -4.23. The van der Waals surface area contributed by atoms with Gasteiger partial charge in [0.25, 0.3) is 0 Å². The number of ether oxygens (including phenoxy) is 1. The average molecular weight is 494 g/mol. The molecule has 5 rings (SSSR count). The summed E-state index contributed by atoms with van der Waals surface area (Å²) in [7, 11) is 0. The summed E-state index contributed by atoms with van der Waals surface area (Å²) in [4.78, 5) is 25.1. The van der Waals surface area contributed by atoms with Gasteiger partial charge in [-0.3, -0.25) is 9.69 Å². The quantitative estimate of drug-likeness (QED) is 0.466. The molecule has 0 saturated carbocycles. The maximum atomic E-state index is 12.9. The largest absolute Gasteiger partial charge is 0.464 e. The molecule has 11 heteroatoms. The molecular weight excluding hydrogens is 467 g/mol. The van der Waals surface area contributed by atoms with Crippen molar-refractivity contribution in [2.24, 2.45) is 5.41 Å². The fourth-order valence-corrected chi connectivity index (χ4v) is 6.17. The molecule has 0 bridgehead atoms. The predicted octanol–water partition coefficient (Wildman–Crippen LogP) is 3.87. The molecule has 7 nitrogen and oxygen atoms in total. The van der Waals surface area contributed by atoms with Crippen LogP contribution < -0.4 is 4.90 Å². The number of carbonyl (C=O) groups is 1. The van der Waals surface area contributed by atoms with Crippen molar-refractivity contribution in [2.75, 3.05) is 37.7 Å². The maximum Gasteiger partial charge on any atom is 0.393 e. The van der Waals surface area contributed by atoms with E-state index in [1.807, 2.05) is 12.3 Å². The minimum Gasteiger partial charge on any atom is -0.464 e. The lowest BCUT2D eigenvalue weighted by Crippen LogP contribution is -2.57. The van der Waals surface area contributed by atoms with Crippen LogP contribution in [0.15, 0.2) is 30.7 Å². The molecule has 3 aromatic rings. The predicted molar refractivity (Wildman–Crippen MR) is 123 cm³/mol. The number of anilines is 1. The van der Waals surface area contributed by atoms with E-state index in [0.29, 0.717) is 23.4 Å². The third-order valence-electron chi connectivity index (χ3n) is 6.54. The number of alkyl halides is 3. The van der Waals surface area contributed by atoms with Gasteiger partial charge in [0, 0.05) is 61.8 Å². The zero-order valence-corrected chi connectivity index (χ0v) is 19.7. The molecule has 0 radical (unpaired) electrons. The Morgan fingerprint density at radius 2 is 2.09 bits per heavy atom. The van der Waals surface area contributed by atoms with Crippen LogP contribution in [0.2, 0.25) is 0 Å². The van der Waals surface area contributed by atoms with E-state index in [2.05, 4.69) is 30.4 Å². The highest BCUT2D eigenvalue weighted by Crippen LogP contribution is 2.43. The van der Waals surface area contributed by atoms with Gasteiger partial charge in [-0.05, 0) is 24.6 Å². The Hall–Kier alpha value is -2.66. The van der Waals surface area contributed by atoms with E-state index in [1.54, 1.807) is 6.07 Å². The molecule has 0 aliphatic carbocycles. The summed E-state index contributed by atoms with van der Waals surface area (Å²) in [6.07, 6.45) is -0.688. The summed E-state index contributed by atoms with van der Waals surface area (Å²) in [5.41, 5.74) is 1.36. The first-order valence-corrected chi connectivity index (χ1v) is 12.1. The molecule has 0 amide bonds. The summed E-state index contributed by atoms with van der Waals surface area (Å²) in [6.45, 7) is 6.85. The second-order valence-electron chi connectivity index (χ2n) is 9.27. The third-order valence-corrected chi connectivity index (χ3v) is 7.58. The molecule has 2 saturated heterocycles. The van der Waals surface area contributed by atoms with E-state index in [4.69, 9.17) is 4.74 Å². The zero-order valence-electron chi connectivity index (χ0n) is 18.8. The standard InChI is InChI=1S/C23H26F3N5O2S/c1-16(32)33-8-7-30-5-2-3-17(30)11-29-12-22(13-29)4-6-31(14-22)20-19-9-18(10-23(24,25)26)34-21(19)28-15-27-20/h2-3,5,9,15H,4,6-8,10-14H2,1H3. The number of thiophene rings is 1. The van der Waals surface area contributed by atoms with Gasteiger partial charge in [-0.15, -0.1) is 11.3 Å². The topological polar surface area (TPSA) is 63.5 Å². The Balaban J connectivity index is 1.20. The SMILES string of the molecule is CC(=O)OCCn1cccc1CN1CC2(CCN(c3ncnc4sc(CC(F)(F)F)cc34)C2)C1. The van der Waals surface area contributed by atoms with Crippen LogP contribution in [0.4, 0.5) is 19.0 Å². The Morgan fingerprint density at radius 1 is 1.26 bits per heavy atom. The van der Waals surface area contributed by atoms with E-state index in [-0.39, 0.29) is 16.3 Å². The molecule has 0 aromatic carbocycles. The van der Waals surface area contributed by atoms with Crippen LogP contribution in [-0.2, 0) is 29.0 Å². The van der Waals surface area contributed by atoms with Gasteiger partial charge in [0.05, 0.1) is 18.4 Å². The summed E-state index contributed by atoms with van der Waals surface area (Å²) in [6, 6.07) is 5.70. The first kappa shape index (κ1) is 23.1.